The highest BCUT2D eigenvalue weighted by Crippen LogP contribution is 2.13. The molecule has 1 fully saturated rings. The van der Waals surface area contributed by atoms with E-state index in [4.69, 9.17) is 10.4 Å². The predicted molar refractivity (Wildman–Crippen MR) is 57.8 cm³/mol. The number of hydrogen-bond donors (Lipinski definition) is 2. The Bertz CT molecular complexity index is 430. The van der Waals surface area contributed by atoms with Gasteiger partial charge < -0.3 is 15.3 Å². The molecule has 5 heteroatoms. The molecule has 1 aromatic carbocycles. The summed E-state index contributed by atoms with van der Waals surface area (Å²) in [6, 6.07) is 8.40. The second-order valence-electron chi connectivity index (χ2n) is 3.68. The first-order chi connectivity index (χ1) is 7.69. The van der Waals surface area contributed by atoms with E-state index in [9.17, 15) is 4.79 Å². The summed E-state index contributed by atoms with van der Waals surface area (Å²) in [7, 11) is 0. The van der Waals surface area contributed by atoms with Crippen LogP contribution in [0.4, 0.5) is 10.5 Å². The molecule has 0 bridgehead atoms. The van der Waals surface area contributed by atoms with Crippen LogP contribution in [0.25, 0.3) is 0 Å². The second-order valence-corrected chi connectivity index (χ2v) is 3.68. The lowest BCUT2D eigenvalue weighted by atomic mass is 10.2. The minimum atomic E-state index is -0.397. The number of nitrogens with zero attached hydrogens (tertiary/aromatic N) is 2. The van der Waals surface area contributed by atoms with Gasteiger partial charge in [-0.2, -0.15) is 5.26 Å². The van der Waals surface area contributed by atoms with Crippen LogP contribution in [0, 0.1) is 11.3 Å². The van der Waals surface area contributed by atoms with Crippen LogP contribution in [-0.4, -0.2) is 35.2 Å². The van der Waals surface area contributed by atoms with E-state index in [1.54, 1.807) is 24.3 Å². The third-order valence-corrected chi connectivity index (χ3v) is 2.41. The van der Waals surface area contributed by atoms with Gasteiger partial charge in [-0.15, -0.1) is 0 Å². The number of nitrogens with one attached hydrogen (secondary N) is 1. The summed E-state index contributed by atoms with van der Waals surface area (Å²) < 4.78 is 0. The molecule has 5 nitrogen and oxygen atoms in total. The zero-order valence-corrected chi connectivity index (χ0v) is 8.55. The standard InChI is InChI=1S/C11H11N3O2/c12-5-8-1-3-9(4-2-8)13-11(16)14-6-10(15)7-14/h1-4,10,15H,6-7H2,(H,13,16). The summed E-state index contributed by atoms with van der Waals surface area (Å²) in [6.07, 6.45) is -0.397. The molecule has 0 aliphatic carbocycles. The van der Waals surface area contributed by atoms with Gasteiger partial charge in [-0.25, -0.2) is 4.79 Å². The Kier molecular flexibility index (Phi) is 2.75. The largest absolute Gasteiger partial charge is 0.389 e. The monoisotopic (exact) mass is 217 g/mol. The van der Waals surface area contributed by atoms with Crippen molar-refractivity contribution in [2.24, 2.45) is 0 Å². The van der Waals surface area contributed by atoms with E-state index in [0.717, 1.165) is 0 Å². The number of carbonyl (C=O) groups excluding carboxylic acids is 1. The number of aliphatic hydroxyl groups excluding tert-OH is 1. The van der Waals surface area contributed by atoms with Crippen molar-refractivity contribution in [3.05, 3.63) is 29.8 Å². The van der Waals surface area contributed by atoms with Gasteiger partial charge in [0.1, 0.15) is 0 Å². The number of amides is 2. The summed E-state index contributed by atoms with van der Waals surface area (Å²) >= 11 is 0. The Morgan fingerprint density at radius 1 is 1.44 bits per heavy atom. The fourth-order valence-corrected chi connectivity index (χ4v) is 1.45. The summed E-state index contributed by atoms with van der Waals surface area (Å²) in [5.41, 5.74) is 1.20. The lowest BCUT2D eigenvalue weighted by molar-refractivity contribution is 0.0309. The van der Waals surface area contributed by atoms with E-state index in [0.29, 0.717) is 24.3 Å². The van der Waals surface area contributed by atoms with Gasteiger partial charge in [-0.1, -0.05) is 0 Å². The molecule has 1 aliphatic rings. The van der Waals surface area contributed by atoms with Crippen LogP contribution in [0.2, 0.25) is 0 Å². The van der Waals surface area contributed by atoms with E-state index in [2.05, 4.69) is 5.32 Å². The van der Waals surface area contributed by atoms with Gasteiger partial charge in [0, 0.05) is 5.69 Å². The Morgan fingerprint density at radius 2 is 2.06 bits per heavy atom. The van der Waals surface area contributed by atoms with Crippen molar-refractivity contribution < 1.29 is 9.90 Å². The minimum Gasteiger partial charge on any atom is -0.389 e. The lowest BCUT2D eigenvalue weighted by Gasteiger charge is -2.35. The molecule has 1 heterocycles. The Balaban J connectivity index is 1.94. The van der Waals surface area contributed by atoms with Gasteiger partial charge in [0.2, 0.25) is 0 Å². The highest BCUT2D eigenvalue weighted by atomic mass is 16.3. The molecule has 2 rings (SSSR count). The maximum absolute atomic E-state index is 11.5. The number of nitriles is 1. The van der Waals surface area contributed by atoms with Crippen LogP contribution in [0.1, 0.15) is 5.56 Å². The average molecular weight is 217 g/mol. The molecule has 0 unspecified atom stereocenters. The number of urea groups is 1. The van der Waals surface area contributed by atoms with Gasteiger partial charge >= 0.3 is 6.03 Å². The number of aliphatic hydroxyl groups is 1. The number of likely N-dealkylation sites (tertiary alicyclic amines) is 1. The van der Waals surface area contributed by atoms with E-state index in [1.165, 1.54) is 4.90 Å². The van der Waals surface area contributed by atoms with Crippen LogP contribution < -0.4 is 5.32 Å². The van der Waals surface area contributed by atoms with Crippen molar-refractivity contribution in [3.8, 4) is 6.07 Å². The number of carbonyl (C=O) groups is 1. The van der Waals surface area contributed by atoms with E-state index in [1.807, 2.05) is 6.07 Å². The molecule has 82 valence electrons. The highest BCUT2D eigenvalue weighted by molar-refractivity contribution is 5.89. The third kappa shape index (κ3) is 2.12. The maximum Gasteiger partial charge on any atom is 0.322 e. The molecule has 2 amide bonds. The number of rotatable bonds is 1. The van der Waals surface area contributed by atoms with Gasteiger partial charge in [0.25, 0.3) is 0 Å². The molecule has 1 aliphatic heterocycles. The zero-order chi connectivity index (χ0) is 11.5. The van der Waals surface area contributed by atoms with Crippen LogP contribution >= 0.6 is 0 Å². The Hall–Kier alpha value is -2.06. The summed E-state index contributed by atoms with van der Waals surface area (Å²) in [6.45, 7) is 0.754. The molecule has 0 atom stereocenters. The zero-order valence-electron chi connectivity index (χ0n) is 8.55. The van der Waals surface area contributed by atoms with E-state index < -0.39 is 6.10 Å². The molecule has 1 saturated heterocycles. The number of hydrogen-bond acceptors (Lipinski definition) is 3. The molecular formula is C11H11N3O2. The molecular weight excluding hydrogens is 206 g/mol. The summed E-state index contributed by atoms with van der Waals surface area (Å²) in [4.78, 5) is 13.1. The Morgan fingerprint density at radius 3 is 2.56 bits per heavy atom. The highest BCUT2D eigenvalue weighted by Gasteiger charge is 2.28. The first kappa shape index (κ1) is 10.5. The van der Waals surface area contributed by atoms with Crippen molar-refractivity contribution in [2.45, 2.75) is 6.10 Å². The lowest BCUT2D eigenvalue weighted by Crippen LogP contribution is -2.54. The van der Waals surface area contributed by atoms with Crippen LogP contribution in [0.5, 0.6) is 0 Å². The van der Waals surface area contributed by atoms with Crippen molar-refractivity contribution in [1.82, 2.24) is 4.90 Å². The molecule has 1 aromatic rings. The summed E-state index contributed by atoms with van der Waals surface area (Å²) in [5.74, 6) is 0. The van der Waals surface area contributed by atoms with Crippen molar-refractivity contribution in [2.75, 3.05) is 18.4 Å². The van der Waals surface area contributed by atoms with Crippen LogP contribution in [0.3, 0.4) is 0 Å². The van der Waals surface area contributed by atoms with E-state index in [-0.39, 0.29) is 6.03 Å². The normalized spacial score (nSPS) is 15.1. The van der Waals surface area contributed by atoms with Crippen molar-refractivity contribution in [1.29, 1.82) is 5.26 Å². The first-order valence-electron chi connectivity index (χ1n) is 4.93. The smallest absolute Gasteiger partial charge is 0.322 e. The van der Waals surface area contributed by atoms with Gasteiger partial charge in [0.05, 0.1) is 30.8 Å². The van der Waals surface area contributed by atoms with Crippen LogP contribution in [-0.2, 0) is 0 Å². The van der Waals surface area contributed by atoms with Gasteiger partial charge in [0.15, 0.2) is 0 Å². The number of anilines is 1. The number of benzene rings is 1. The van der Waals surface area contributed by atoms with Gasteiger partial charge in [-0.05, 0) is 24.3 Å². The fourth-order valence-electron chi connectivity index (χ4n) is 1.45. The third-order valence-electron chi connectivity index (χ3n) is 2.41. The maximum atomic E-state index is 11.5. The molecule has 0 saturated carbocycles. The summed E-state index contributed by atoms with van der Waals surface area (Å²) in [5, 5.41) is 20.3. The molecule has 0 spiro atoms. The van der Waals surface area contributed by atoms with E-state index >= 15 is 0 Å². The first-order valence-corrected chi connectivity index (χ1v) is 4.93. The topological polar surface area (TPSA) is 76.4 Å². The fraction of sp³-hybridized carbons (Fsp3) is 0.273. The molecule has 16 heavy (non-hydrogen) atoms. The van der Waals surface area contributed by atoms with Gasteiger partial charge in [-0.3, -0.25) is 0 Å². The minimum absolute atomic E-state index is 0.227. The predicted octanol–water partition coefficient (Wildman–Crippen LogP) is 0.767. The number of β-amino-alcohol motifs (C(OH)–C–C–N with tert-alkyl or cyclic N) is 1. The molecule has 0 aromatic heterocycles. The molecule has 0 radical (unpaired) electrons. The molecule has 2 N–H and O–H groups in total. The average Bonchev–Trinajstić information content (AvgIpc) is 2.26. The SMILES string of the molecule is N#Cc1ccc(NC(=O)N2CC(O)C2)cc1. The van der Waals surface area contributed by atoms with Crippen molar-refractivity contribution in [3.63, 3.8) is 0 Å². The Labute approximate surface area is 92.9 Å². The quantitative estimate of drug-likeness (QED) is 0.729. The van der Waals surface area contributed by atoms with Crippen molar-refractivity contribution >= 4 is 11.7 Å². The van der Waals surface area contributed by atoms with Crippen LogP contribution in [0.15, 0.2) is 24.3 Å². The second kappa shape index (κ2) is 4.21.